The van der Waals surface area contributed by atoms with Crippen LogP contribution in [-0.2, 0) is 17.2 Å². The Morgan fingerprint density at radius 2 is 1.55 bits per heavy atom. The molecule has 9 heteroatoms. The average molecular weight is 468 g/mol. The van der Waals surface area contributed by atoms with Gasteiger partial charge in [0.2, 0.25) is 0 Å². The van der Waals surface area contributed by atoms with E-state index in [1.54, 1.807) is 56.4 Å². The molecule has 0 radical (unpaired) electrons. The van der Waals surface area contributed by atoms with Gasteiger partial charge in [-0.2, -0.15) is 0 Å². The molecule has 7 nitrogen and oxygen atoms in total. The Hall–Kier alpha value is -2.75. The van der Waals surface area contributed by atoms with Gasteiger partial charge in [-0.25, -0.2) is 8.42 Å². The van der Waals surface area contributed by atoms with E-state index in [0.29, 0.717) is 44.4 Å². The second kappa shape index (κ2) is 8.23. The van der Waals surface area contributed by atoms with Crippen LogP contribution in [0.15, 0.2) is 70.4 Å². The molecule has 1 N–H and O–H groups in total. The first-order valence-corrected chi connectivity index (χ1v) is 11.2. The summed E-state index contributed by atoms with van der Waals surface area (Å²) in [5, 5.41) is 3.58. The molecule has 0 saturated heterocycles. The Kier molecular flexibility index (Phi) is 5.84. The Bertz CT molecular complexity index is 1640. The van der Waals surface area contributed by atoms with E-state index in [9.17, 15) is 22.6 Å². The number of carbonyl (C=O) groups is 1. The van der Waals surface area contributed by atoms with Crippen LogP contribution < -0.4 is 40.4 Å². The number of aryl methyl sites for hydroxylation is 2. The molecule has 0 unspecified atom stereocenters. The maximum Gasteiger partial charge on any atom is 1.00 e. The molecule has 0 aliphatic heterocycles. The van der Waals surface area contributed by atoms with Crippen LogP contribution in [0.1, 0.15) is 21.5 Å². The number of carbonyl (C=O) groups excluding carboxylic acids is 1. The van der Waals surface area contributed by atoms with Gasteiger partial charge in [0.05, 0.1) is 27.4 Å². The fourth-order valence-electron chi connectivity index (χ4n) is 4.24. The van der Waals surface area contributed by atoms with Crippen LogP contribution in [0.4, 0.5) is 11.4 Å². The summed E-state index contributed by atoms with van der Waals surface area (Å²) in [6.45, 7) is 1.69. The van der Waals surface area contributed by atoms with Gasteiger partial charge >= 0.3 is 29.6 Å². The van der Waals surface area contributed by atoms with Crippen LogP contribution in [0, 0.1) is 6.92 Å². The zero-order valence-electron chi connectivity index (χ0n) is 18.2. The zero-order valence-corrected chi connectivity index (χ0v) is 21.0. The molecule has 0 amide bonds. The number of rotatable bonds is 3. The Labute approximate surface area is 212 Å². The molecule has 4 aromatic rings. The molecule has 33 heavy (non-hydrogen) atoms. The number of ketones is 1. The van der Waals surface area contributed by atoms with Crippen molar-refractivity contribution in [3.63, 3.8) is 0 Å². The molecular formula is C24H17N2NaO5S. The molecule has 1 aliphatic carbocycles. The summed E-state index contributed by atoms with van der Waals surface area (Å²) in [6, 6.07) is 16.3. The van der Waals surface area contributed by atoms with Crippen molar-refractivity contribution in [2.45, 2.75) is 11.8 Å². The van der Waals surface area contributed by atoms with Crippen molar-refractivity contribution < 1.29 is 47.3 Å². The smallest absolute Gasteiger partial charge is 0.744 e. The Balaban J connectivity index is 0.00000259. The van der Waals surface area contributed by atoms with Gasteiger partial charge in [0, 0.05) is 24.1 Å². The van der Waals surface area contributed by atoms with Crippen molar-refractivity contribution >= 4 is 38.2 Å². The Morgan fingerprint density at radius 3 is 2.24 bits per heavy atom. The van der Waals surface area contributed by atoms with Gasteiger partial charge in [0.25, 0.3) is 5.56 Å². The maximum atomic E-state index is 13.5. The van der Waals surface area contributed by atoms with E-state index in [4.69, 9.17) is 0 Å². The number of aromatic nitrogens is 1. The predicted octanol–water partition coefficient (Wildman–Crippen LogP) is 0.710. The molecule has 0 fully saturated rings. The van der Waals surface area contributed by atoms with Gasteiger partial charge in [-0.15, -0.1) is 0 Å². The van der Waals surface area contributed by atoms with E-state index in [0.717, 1.165) is 0 Å². The number of hydrogen-bond donors (Lipinski definition) is 1. The summed E-state index contributed by atoms with van der Waals surface area (Å²) in [7, 11) is -3.12. The van der Waals surface area contributed by atoms with Crippen LogP contribution in [0.3, 0.4) is 0 Å². The number of nitrogens with zero attached hydrogens (tertiary/aromatic N) is 1. The number of hydrogen-bond acceptors (Lipinski definition) is 6. The normalized spacial score (nSPS) is 12.3. The molecule has 5 rings (SSSR count). The van der Waals surface area contributed by atoms with E-state index in [1.807, 2.05) is 0 Å². The van der Waals surface area contributed by atoms with E-state index < -0.39 is 15.0 Å². The molecule has 1 aliphatic rings. The summed E-state index contributed by atoms with van der Waals surface area (Å²) in [5.41, 5.74) is 3.50. The molecule has 0 spiro atoms. The number of benzene rings is 3. The summed E-state index contributed by atoms with van der Waals surface area (Å²) in [4.78, 5) is 25.7. The molecule has 0 saturated carbocycles. The third kappa shape index (κ3) is 3.74. The van der Waals surface area contributed by atoms with E-state index >= 15 is 0 Å². The monoisotopic (exact) mass is 468 g/mol. The SMILES string of the molecule is Cc1ccc(Nc2ccc3c4c(cc(=O)n3C)-c3ccccc3C(=O)c24)c(S(=O)(=O)[O-])c1.[Na+]. The summed E-state index contributed by atoms with van der Waals surface area (Å²) in [6.07, 6.45) is 0. The first-order chi connectivity index (χ1) is 15.2. The topological polar surface area (TPSA) is 108 Å². The third-order valence-corrected chi connectivity index (χ3v) is 6.65. The van der Waals surface area contributed by atoms with Crippen molar-refractivity contribution in [1.82, 2.24) is 4.57 Å². The molecule has 1 heterocycles. The van der Waals surface area contributed by atoms with Crippen LogP contribution in [-0.4, -0.2) is 23.3 Å². The first-order valence-electron chi connectivity index (χ1n) is 9.81. The molecular weight excluding hydrogens is 451 g/mol. The quantitative estimate of drug-likeness (QED) is 0.309. The number of anilines is 2. The summed E-state index contributed by atoms with van der Waals surface area (Å²) >= 11 is 0. The number of fused-ring (bicyclic) bond motifs is 2. The Morgan fingerprint density at radius 1 is 0.879 bits per heavy atom. The van der Waals surface area contributed by atoms with Crippen LogP contribution in [0.25, 0.3) is 22.0 Å². The van der Waals surface area contributed by atoms with Crippen LogP contribution in [0.5, 0.6) is 0 Å². The molecule has 0 atom stereocenters. The molecule has 160 valence electrons. The van der Waals surface area contributed by atoms with Crippen molar-refractivity contribution in [2.75, 3.05) is 5.32 Å². The summed E-state index contributed by atoms with van der Waals surface area (Å²) < 4.78 is 37.0. The second-order valence-corrected chi connectivity index (χ2v) is 9.14. The van der Waals surface area contributed by atoms with Gasteiger partial charge in [0.1, 0.15) is 10.1 Å². The summed E-state index contributed by atoms with van der Waals surface area (Å²) in [5.74, 6) is -0.251. The zero-order chi connectivity index (χ0) is 22.8. The van der Waals surface area contributed by atoms with Crippen molar-refractivity contribution in [3.05, 3.63) is 87.7 Å². The average Bonchev–Trinajstić information content (AvgIpc) is 2.75. The minimum absolute atomic E-state index is 0. The predicted molar refractivity (Wildman–Crippen MR) is 120 cm³/mol. The fourth-order valence-corrected chi connectivity index (χ4v) is 4.96. The van der Waals surface area contributed by atoms with E-state index in [-0.39, 0.29) is 46.6 Å². The molecule has 3 aromatic carbocycles. The van der Waals surface area contributed by atoms with Crippen LogP contribution in [0.2, 0.25) is 0 Å². The van der Waals surface area contributed by atoms with Gasteiger partial charge in [-0.3, -0.25) is 9.59 Å². The standard InChI is InChI=1S/C24H18N2O5S.Na/c1-13-7-8-17(20(11-13)32(29,30)31)25-18-9-10-19-22-16(12-21(27)26(19)2)14-5-3-4-6-15(14)24(28)23(18)22;/h3-12,25H,1-2H3,(H,29,30,31);/q;+1/p-1. The maximum absolute atomic E-state index is 13.5. The second-order valence-electron chi connectivity index (χ2n) is 7.79. The van der Waals surface area contributed by atoms with Crippen molar-refractivity contribution in [1.29, 1.82) is 0 Å². The van der Waals surface area contributed by atoms with E-state index in [2.05, 4.69) is 5.32 Å². The van der Waals surface area contributed by atoms with Gasteiger partial charge in [-0.1, -0.05) is 30.3 Å². The minimum Gasteiger partial charge on any atom is -0.744 e. The third-order valence-electron chi connectivity index (χ3n) is 5.78. The van der Waals surface area contributed by atoms with Crippen molar-refractivity contribution in [2.24, 2.45) is 7.05 Å². The van der Waals surface area contributed by atoms with E-state index in [1.165, 1.54) is 22.8 Å². The number of pyridine rings is 1. The van der Waals surface area contributed by atoms with Gasteiger partial charge < -0.3 is 14.4 Å². The first kappa shape index (κ1) is 23.4. The van der Waals surface area contributed by atoms with Crippen molar-refractivity contribution in [3.8, 4) is 11.1 Å². The molecule has 1 aromatic heterocycles. The van der Waals surface area contributed by atoms with Gasteiger partial charge in [0.15, 0.2) is 5.78 Å². The fraction of sp³-hybridized carbons (Fsp3) is 0.0833. The minimum atomic E-state index is -4.75. The number of nitrogens with one attached hydrogen (secondary N) is 1. The largest absolute Gasteiger partial charge is 1.00 e. The van der Waals surface area contributed by atoms with Crippen LogP contribution >= 0.6 is 0 Å². The molecule has 0 bridgehead atoms. The van der Waals surface area contributed by atoms with Gasteiger partial charge in [-0.05, 0) is 47.9 Å².